The van der Waals surface area contributed by atoms with Crippen LogP contribution < -0.4 is 4.74 Å². The number of aryl methyl sites for hydroxylation is 1. The van der Waals surface area contributed by atoms with Gasteiger partial charge < -0.3 is 9.47 Å². The Kier molecular flexibility index (Phi) is 6.36. The van der Waals surface area contributed by atoms with Gasteiger partial charge in [-0.2, -0.15) is 0 Å². The molecule has 0 aromatic heterocycles. The van der Waals surface area contributed by atoms with Gasteiger partial charge in [0.1, 0.15) is 5.75 Å². The second-order valence-corrected chi connectivity index (χ2v) is 3.92. The summed E-state index contributed by atoms with van der Waals surface area (Å²) in [6.07, 6.45) is 3.75. The summed E-state index contributed by atoms with van der Waals surface area (Å²) in [7, 11) is 0. The zero-order valence-electron chi connectivity index (χ0n) is 11.2. The third kappa shape index (κ3) is 5.86. The highest BCUT2D eigenvalue weighted by atomic mass is 16.5. The van der Waals surface area contributed by atoms with E-state index in [1.165, 1.54) is 0 Å². The van der Waals surface area contributed by atoms with Crippen LogP contribution >= 0.6 is 0 Å². The molecule has 0 saturated carbocycles. The standard InChI is InChI=1S/C15H18O4/c1-3-10-18-14(16)8-9-15(17)19-13-7-5-6-12(4-2)11-13/h5-9,11H,3-4,10H2,1-2H3/b9-8+. The van der Waals surface area contributed by atoms with E-state index in [0.717, 1.165) is 30.6 Å². The first kappa shape index (κ1) is 15.0. The fraction of sp³-hybridized carbons (Fsp3) is 0.333. The maximum Gasteiger partial charge on any atom is 0.336 e. The summed E-state index contributed by atoms with van der Waals surface area (Å²) in [6, 6.07) is 7.26. The molecule has 0 bridgehead atoms. The summed E-state index contributed by atoms with van der Waals surface area (Å²) in [5.41, 5.74) is 1.08. The van der Waals surface area contributed by atoms with Crippen LogP contribution in [0.1, 0.15) is 25.8 Å². The van der Waals surface area contributed by atoms with Crippen molar-refractivity contribution in [3.63, 3.8) is 0 Å². The molecule has 4 heteroatoms. The molecular formula is C15H18O4. The molecule has 0 amide bonds. The summed E-state index contributed by atoms with van der Waals surface area (Å²) in [4.78, 5) is 22.6. The van der Waals surface area contributed by atoms with Crippen molar-refractivity contribution in [1.29, 1.82) is 0 Å². The maximum atomic E-state index is 11.5. The predicted octanol–water partition coefficient (Wildman–Crippen LogP) is 2.66. The molecule has 0 aliphatic carbocycles. The Morgan fingerprint density at radius 3 is 2.58 bits per heavy atom. The zero-order valence-corrected chi connectivity index (χ0v) is 11.2. The van der Waals surface area contributed by atoms with Crippen LogP contribution in [0.3, 0.4) is 0 Å². The lowest BCUT2D eigenvalue weighted by Gasteiger charge is -2.03. The summed E-state index contributed by atoms with van der Waals surface area (Å²) in [6.45, 7) is 4.26. The highest BCUT2D eigenvalue weighted by Gasteiger charge is 2.03. The van der Waals surface area contributed by atoms with Crippen molar-refractivity contribution >= 4 is 11.9 Å². The fourth-order valence-electron chi connectivity index (χ4n) is 1.37. The molecule has 0 heterocycles. The third-order valence-corrected chi connectivity index (χ3v) is 2.33. The molecule has 0 radical (unpaired) electrons. The van der Waals surface area contributed by atoms with E-state index >= 15 is 0 Å². The molecule has 1 aromatic rings. The van der Waals surface area contributed by atoms with Crippen molar-refractivity contribution in [3.05, 3.63) is 42.0 Å². The van der Waals surface area contributed by atoms with E-state index in [9.17, 15) is 9.59 Å². The van der Waals surface area contributed by atoms with Gasteiger partial charge in [-0.25, -0.2) is 9.59 Å². The number of carbonyl (C=O) groups excluding carboxylic acids is 2. The molecule has 102 valence electrons. The van der Waals surface area contributed by atoms with E-state index in [1.54, 1.807) is 12.1 Å². The third-order valence-electron chi connectivity index (χ3n) is 2.33. The second-order valence-electron chi connectivity index (χ2n) is 3.92. The average Bonchev–Trinajstić information content (AvgIpc) is 2.43. The molecule has 4 nitrogen and oxygen atoms in total. The van der Waals surface area contributed by atoms with Crippen molar-refractivity contribution in [3.8, 4) is 5.75 Å². The van der Waals surface area contributed by atoms with Gasteiger partial charge in [0, 0.05) is 12.2 Å². The van der Waals surface area contributed by atoms with Crippen LogP contribution in [0.15, 0.2) is 36.4 Å². The van der Waals surface area contributed by atoms with Crippen LogP contribution in [0.4, 0.5) is 0 Å². The molecule has 0 N–H and O–H groups in total. The van der Waals surface area contributed by atoms with Crippen molar-refractivity contribution in [1.82, 2.24) is 0 Å². The minimum atomic E-state index is -0.596. The topological polar surface area (TPSA) is 52.6 Å². The molecule has 19 heavy (non-hydrogen) atoms. The van der Waals surface area contributed by atoms with E-state index in [4.69, 9.17) is 9.47 Å². The Balaban J connectivity index is 2.50. The van der Waals surface area contributed by atoms with Crippen molar-refractivity contribution in [2.45, 2.75) is 26.7 Å². The van der Waals surface area contributed by atoms with Crippen molar-refractivity contribution in [2.24, 2.45) is 0 Å². The molecule has 0 atom stereocenters. The largest absolute Gasteiger partial charge is 0.463 e. The van der Waals surface area contributed by atoms with Crippen molar-refractivity contribution < 1.29 is 19.1 Å². The Bertz CT molecular complexity index is 463. The molecule has 0 aliphatic rings. The first-order valence-corrected chi connectivity index (χ1v) is 6.31. The molecular weight excluding hydrogens is 244 g/mol. The van der Waals surface area contributed by atoms with E-state index in [0.29, 0.717) is 12.4 Å². The van der Waals surface area contributed by atoms with Crippen LogP contribution in [0.2, 0.25) is 0 Å². The summed E-state index contributed by atoms with van der Waals surface area (Å²) in [5, 5.41) is 0. The van der Waals surface area contributed by atoms with Gasteiger partial charge >= 0.3 is 11.9 Å². The van der Waals surface area contributed by atoms with Crippen LogP contribution in [0.25, 0.3) is 0 Å². The average molecular weight is 262 g/mol. The zero-order chi connectivity index (χ0) is 14.1. The predicted molar refractivity (Wildman–Crippen MR) is 71.8 cm³/mol. The monoisotopic (exact) mass is 262 g/mol. The van der Waals surface area contributed by atoms with Crippen LogP contribution in [-0.4, -0.2) is 18.5 Å². The first-order valence-electron chi connectivity index (χ1n) is 6.31. The highest BCUT2D eigenvalue weighted by Crippen LogP contribution is 2.13. The number of ether oxygens (including phenoxy) is 2. The SMILES string of the molecule is CCCOC(=O)/C=C/C(=O)Oc1cccc(CC)c1. The Hall–Kier alpha value is -2.10. The van der Waals surface area contributed by atoms with E-state index in [2.05, 4.69) is 0 Å². The minimum Gasteiger partial charge on any atom is -0.463 e. The first-order chi connectivity index (χ1) is 9.15. The van der Waals surface area contributed by atoms with Gasteiger partial charge in [0.15, 0.2) is 0 Å². The molecule has 1 aromatic carbocycles. The Morgan fingerprint density at radius 1 is 1.16 bits per heavy atom. The molecule has 0 unspecified atom stereocenters. The number of benzene rings is 1. The normalized spacial score (nSPS) is 10.4. The quantitative estimate of drug-likeness (QED) is 0.449. The Labute approximate surface area is 113 Å². The summed E-state index contributed by atoms with van der Waals surface area (Å²) in [5.74, 6) is -0.668. The van der Waals surface area contributed by atoms with Gasteiger partial charge in [-0.05, 0) is 30.5 Å². The van der Waals surface area contributed by atoms with Gasteiger partial charge in [-0.3, -0.25) is 0 Å². The number of carbonyl (C=O) groups is 2. The number of esters is 2. The molecule has 0 fully saturated rings. The smallest absolute Gasteiger partial charge is 0.336 e. The second kappa shape index (κ2) is 8.08. The Morgan fingerprint density at radius 2 is 1.89 bits per heavy atom. The number of rotatable bonds is 6. The van der Waals surface area contributed by atoms with Crippen LogP contribution in [0.5, 0.6) is 5.75 Å². The molecule has 0 saturated heterocycles. The lowest BCUT2D eigenvalue weighted by Crippen LogP contribution is -2.07. The van der Waals surface area contributed by atoms with Gasteiger partial charge in [0.25, 0.3) is 0 Å². The lowest BCUT2D eigenvalue weighted by molar-refractivity contribution is -0.138. The summed E-state index contributed by atoms with van der Waals surface area (Å²) < 4.78 is 9.87. The lowest BCUT2D eigenvalue weighted by atomic mass is 10.2. The molecule has 1 rings (SSSR count). The minimum absolute atomic E-state index is 0.344. The van der Waals surface area contributed by atoms with Crippen LogP contribution in [-0.2, 0) is 20.7 Å². The summed E-state index contributed by atoms with van der Waals surface area (Å²) >= 11 is 0. The number of hydrogen-bond acceptors (Lipinski definition) is 4. The van der Waals surface area contributed by atoms with Gasteiger partial charge in [-0.15, -0.1) is 0 Å². The number of hydrogen-bond donors (Lipinski definition) is 0. The van der Waals surface area contributed by atoms with Gasteiger partial charge in [0.05, 0.1) is 6.61 Å². The molecule has 0 aliphatic heterocycles. The maximum absolute atomic E-state index is 11.5. The highest BCUT2D eigenvalue weighted by molar-refractivity contribution is 5.92. The van der Waals surface area contributed by atoms with E-state index in [-0.39, 0.29) is 0 Å². The van der Waals surface area contributed by atoms with Crippen molar-refractivity contribution in [2.75, 3.05) is 6.61 Å². The molecule has 0 spiro atoms. The van der Waals surface area contributed by atoms with E-state index in [1.807, 2.05) is 26.0 Å². The van der Waals surface area contributed by atoms with Crippen LogP contribution in [0, 0.1) is 0 Å². The van der Waals surface area contributed by atoms with Gasteiger partial charge in [0.2, 0.25) is 0 Å². The fourth-order valence-corrected chi connectivity index (χ4v) is 1.37. The van der Waals surface area contributed by atoms with Gasteiger partial charge in [-0.1, -0.05) is 26.0 Å². The van der Waals surface area contributed by atoms with E-state index < -0.39 is 11.9 Å².